The van der Waals surface area contributed by atoms with Crippen LogP contribution in [0.5, 0.6) is 0 Å². The molecule has 3 N–H and O–H groups in total. The van der Waals surface area contributed by atoms with Crippen molar-refractivity contribution in [2.75, 3.05) is 37.7 Å². The molecule has 8 heteroatoms. The fraction of sp³-hybridized carbons (Fsp3) is 0.667. The molecule has 1 saturated heterocycles. The van der Waals surface area contributed by atoms with Gasteiger partial charge in [0.05, 0.1) is 12.7 Å². The molecule has 0 radical (unpaired) electrons. The molecule has 0 spiro atoms. The third-order valence-corrected chi connectivity index (χ3v) is 9.42. The molecule has 8 nitrogen and oxygen atoms in total. The summed E-state index contributed by atoms with van der Waals surface area (Å²) in [6.07, 6.45) is 1.60. The van der Waals surface area contributed by atoms with Crippen LogP contribution in [-0.2, 0) is 9.59 Å². The summed E-state index contributed by atoms with van der Waals surface area (Å²) in [6.45, 7) is 9.78. The predicted octanol–water partition coefficient (Wildman–Crippen LogP) is 1.84. The van der Waals surface area contributed by atoms with E-state index in [2.05, 4.69) is 31.0 Å². The molecule has 1 aliphatic heterocycles. The monoisotopic (exact) mass is 485 g/mol. The van der Waals surface area contributed by atoms with Crippen LogP contribution >= 0.6 is 0 Å². The molecule has 0 aromatic heterocycles. The zero-order chi connectivity index (χ0) is 25.5. The molecule has 35 heavy (non-hydrogen) atoms. The van der Waals surface area contributed by atoms with Crippen LogP contribution in [0.15, 0.2) is 24.3 Å². The van der Waals surface area contributed by atoms with E-state index in [4.69, 9.17) is 0 Å². The number of aliphatic hydroxyl groups excluding tert-OH is 2. The Hall–Kier alpha value is -2.45. The quantitative estimate of drug-likeness (QED) is 0.509. The van der Waals surface area contributed by atoms with E-state index in [1.54, 1.807) is 17.0 Å². The van der Waals surface area contributed by atoms with Crippen LogP contribution in [0, 0.1) is 22.7 Å². The number of hydrogen-bond acceptors (Lipinski definition) is 6. The molecule has 5 unspecified atom stereocenters. The Kier molecular flexibility index (Phi) is 6.99. The first kappa shape index (κ1) is 25.6. The second-order valence-corrected chi connectivity index (χ2v) is 11.3. The Morgan fingerprint density at radius 2 is 1.71 bits per heavy atom. The highest BCUT2D eigenvalue weighted by Gasteiger charge is 2.65. The molecule has 2 aliphatic carbocycles. The standard InChI is InChI=1S/C27H39N3O5/c1-17(32)18-5-7-19(8-6-18)29-11-13-30(14-12-29)25(35)22(16-31)28-23(33)15-20-21-9-10-27(4,24(20)34)26(21,2)3/h5-8,20-22,24,31,34H,9-16H2,1-4H3,(H,28,33). The molecule has 2 saturated carbocycles. The number of benzene rings is 1. The molecule has 4 rings (SSSR count). The first-order valence-corrected chi connectivity index (χ1v) is 12.7. The molecule has 2 amide bonds. The Morgan fingerprint density at radius 1 is 1.09 bits per heavy atom. The van der Waals surface area contributed by atoms with Gasteiger partial charge in [0.1, 0.15) is 6.04 Å². The van der Waals surface area contributed by atoms with Crippen molar-refractivity contribution in [3.63, 3.8) is 0 Å². The third kappa shape index (κ3) is 4.47. The summed E-state index contributed by atoms with van der Waals surface area (Å²) < 4.78 is 0. The van der Waals surface area contributed by atoms with Gasteiger partial charge in [-0.05, 0) is 66.7 Å². The van der Waals surface area contributed by atoms with Crippen LogP contribution in [0.2, 0.25) is 0 Å². The normalized spacial score (nSPS) is 30.3. The molecule has 2 bridgehead atoms. The molecule has 1 heterocycles. The molecule has 3 fully saturated rings. The summed E-state index contributed by atoms with van der Waals surface area (Å²) in [5.74, 6) is -0.409. The number of nitrogens with zero attached hydrogens (tertiary/aromatic N) is 2. The number of fused-ring (bicyclic) bond motifs is 2. The number of anilines is 1. The molecule has 1 aromatic carbocycles. The summed E-state index contributed by atoms with van der Waals surface area (Å²) in [6, 6.07) is 6.46. The van der Waals surface area contributed by atoms with E-state index in [-0.39, 0.29) is 46.7 Å². The summed E-state index contributed by atoms with van der Waals surface area (Å²) in [5, 5.41) is 23.6. The number of piperazine rings is 1. The van der Waals surface area contributed by atoms with Crippen LogP contribution in [0.4, 0.5) is 5.69 Å². The highest BCUT2D eigenvalue weighted by molar-refractivity contribution is 5.94. The van der Waals surface area contributed by atoms with E-state index < -0.39 is 18.8 Å². The van der Waals surface area contributed by atoms with Gasteiger partial charge in [-0.25, -0.2) is 0 Å². The van der Waals surface area contributed by atoms with E-state index in [0.29, 0.717) is 31.7 Å². The van der Waals surface area contributed by atoms with Gasteiger partial charge in [0.15, 0.2) is 5.78 Å². The van der Waals surface area contributed by atoms with Gasteiger partial charge in [-0.1, -0.05) is 20.8 Å². The summed E-state index contributed by atoms with van der Waals surface area (Å²) >= 11 is 0. The van der Waals surface area contributed by atoms with Gasteiger partial charge >= 0.3 is 0 Å². The van der Waals surface area contributed by atoms with Gasteiger partial charge < -0.3 is 25.3 Å². The summed E-state index contributed by atoms with van der Waals surface area (Å²) in [5.41, 5.74) is 1.44. The first-order chi connectivity index (χ1) is 16.5. The number of hydrogen-bond donors (Lipinski definition) is 3. The molecular weight excluding hydrogens is 446 g/mol. The number of Topliss-reactive ketones (excluding diaryl/α,β-unsaturated/α-hetero) is 1. The number of rotatable bonds is 7. The predicted molar refractivity (Wildman–Crippen MR) is 133 cm³/mol. The highest BCUT2D eigenvalue weighted by Crippen LogP contribution is 2.68. The van der Waals surface area contributed by atoms with Crippen LogP contribution < -0.4 is 10.2 Å². The molecule has 5 atom stereocenters. The zero-order valence-electron chi connectivity index (χ0n) is 21.3. The molecule has 3 aliphatic rings. The van der Waals surface area contributed by atoms with Crippen molar-refractivity contribution in [2.45, 2.75) is 59.1 Å². The summed E-state index contributed by atoms with van der Waals surface area (Å²) in [4.78, 5) is 41.2. The van der Waals surface area contributed by atoms with Crippen molar-refractivity contribution in [3.05, 3.63) is 29.8 Å². The topological polar surface area (TPSA) is 110 Å². The van der Waals surface area contributed by atoms with E-state index in [1.807, 2.05) is 12.1 Å². The Bertz CT molecular complexity index is 970. The van der Waals surface area contributed by atoms with Crippen molar-refractivity contribution in [3.8, 4) is 0 Å². The number of aliphatic hydroxyl groups is 2. The number of ketones is 1. The molecular formula is C27H39N3O5. The average Bonchev–Trinajstić information content (AvgIpc) is 3.15. The number of carbonyl (C=O) groups is 3. The van der Waals surface area contributed by atoms with Crippen LogP contribution in [0.25, 0.3) is 0 Å². The van der Waals surface area contributed by atoms with Crippen LogP contribution in [0.3, 0.4) is 0 Å². The SMILES string of the molecule is CC(=O)c1ccc(N2CCN(C(=O)C(CO)NC(=O)CC3C4CCC(C)(C3O)C4(C)C)CC2)cc1. The van der Waals surface area contributed by atoms with E-state index >= 15 is 0 Å². The molecule has 192 valence electrons. The van der Waals surface area contributed by atoms with E-state index in [1.165, 1.54) is 6.92 Å². The number of amides is 2. The smallest absolute Gasteiger partial charge is 0.247 e. The fourth-order valence-electron chi connectivity index (χ4n) is 6.75. The van der Waals surface area contributed by atoms with Crippen molar-refractivity contribution in [1.29, 1.82) is 0 Å². The van der Waals surface area contributed by atoms with Crippen molar-refractivity contribution in [2.24, 2.45) is 22.7 Å². The Balaban J connectivity index is 1.31. The third-order valence-electron chi connectivity index (χ3n) is 9.42. The number of nitrogens with one attached hydrogen (secondary N) is 1. The lowest BCUT2D eigenvalue weighted by Crippen LogP contribution is -2.56. The van der Waals surface area contributed by atoms with Crippen LogP contribution in [0.1, 0.15) is 57.3 Å². The van der Waals surface area contributed by atoms with Gasteiger partial charge in [-0.3, -0.25) is 14.4 Å². The second-order valence-electron chi connectivity index (χ2n) is 11.3. The lowest BCUT2D eigenvalue weighted by Gasteiger charge is -2.38. The van der Waals surface area contributed by atoms with Crippen molar-refractivity contribution >= 4 is 23.3 Å². The zero-order valence-corrected chi connectivity index (χ0v) is 21.3. The minimum Gasteiger partial charge on any atom is -0.394 e. The average molecular weight is 486 g/mol. The fourth-order valence-corrected chi connectivity index (χ4v) is 6.75. The largest absolute Gasteiger partial charge is 0.394 e. The minimum atomic E-state index is -0.983. The highest BCUT2D eigenvalue weighted by atomic mass is 16.3. The summed E-state index contributed by atoms with van der Waals surface area (Å²) in [7, 11) is 0. The van der Waals surface area contributed by atoms with Gasteiger partial charge in [-0.15, -0.1) is 0 Å². The minimum absolute atomic E-state index is 0.0249. The van der Waals surface area contributed by atoms with Gasteiger partial charge in [0, 0.05) is 43.9 Å². The van der Waals surface area contributed by atoms with E-state index in [9.17, 15) is 24.6 Å². The van der Waals surface area contributed by atoms with Crippen LogP contribution in [-0.4, -0.2) is 77.6 Å². The van der Waals surface area contributed by atoms with Gasteiger partial charge in [0.25, 0.3) is 0 Å². The van der Waals surface area contributed by atoms with Gasteiger partial charge in [0.2, 0.25) is 11.8 Å². The first-order valence-electron chi connectivity index (χ1n) is 12.7. The Labute approximate surface area is 207 Å². The number of carbonyl (C=O) groups excluding carboxylic acids is 3. The lowest BCUT2D eigenvalue weighted by molar-refractivity contribution is -0.138. The van der Waals surface area contributed by atoms with Crippen molar-refractivity contribution in [1.82, 2.24) is 10.2 Å². The Morgan fingerprint density at radius 3 is 2.23 bits per heavy atom. The van der Waals surface area contributed by atoms with E-state index in [0.717, 1.165) is 18.5 Å². The second kappa shape index (κ2) is 9.54. The lowest BCUT2D eigenvalue weighted by atomic mass is 9.70. The van der Waals surface area contributed by atoms with Crippen molar-refractivity contribution < 1.29 is 24.6 Å². The maximum atomic E-state index is 13.1. The maximum absolute atomic E-state index is 13.1. The van der Waals surface area contributed by atoms with Gasteiger partial charge in [-0.2, -0.15) is 0 Å². The molecule has 1 aromatic rings. The maximum Gasteiger partial charge on any atom is 0.247 e.